The molecule has 0 radical (unpaired) electrons. The normalized spacial score (nSPS) is 10.2. The third-order valence-corrected chi connectivity index (χ3v) is 2.74. The molecule has 0 bridgehead atoms. The summed E-state index contributed by atoms with van der Waals surface area (Å²) in [7, 11) is 0. The summed E-state index contributed by atoms with van der Waals surface area (Å²) in [6.45, 7) is 0. The number of ether oxygens (including phenoxy) is 1. The molecule has 0 N–H and O–H groups in total. The molecule has 0 saturated carbocycles. The summed E-state index contributed by atoms with van der Waals surface area (Å²) in [6.07, 6.45) is 0. The Bertz CT molecular complexity index is 705. The fourth-order valence-electron chi connectivity index (χ4n) is 1.69. The van der Waals surface area contributed by atoms with Gasteiger partial charge in [0.25, 0.3) is 0 Å². The highest BCUT2D eigenvalue weighted by atomic mass is 35.5. The summed E-state index contributed by atoms with van der Waals surface area (Å²) in [5, 5.41) is 0.102. The summed E-state index contributed by atoms with van der Waals surface area (Å²) >= 11 is 5.92. The van der Waals surface area contributed by atoms with Gasteiger partial charge in [-0.1, -0.05) is 48.5 Å². The molecule has 3 aromatic rings. The molecule has 3 rings (SSSR count). The van der Waals surface area contributed by atoms with Crippen LogP contribution in [0.5, 0.6) is 11.8 Å². The average molecular weight is 284 g/mol. The Morgan fingerprint density at radius 3 is 2.10 bits per heavy atom. The molecule has 98 valence electrons. The minimum atomic E-state index is 0.102. The lowest BCUT2D eigenvalue weighted by Gasteiger charge is -2.05. The number of hydrogen-bond acceptors (Lipinski definition) is 4. The quantitative estimate of drug-likeness (QED) is 0.729. The summed E-state index contributed by atoms with van der Waals surface area (Å²) in [6, 6.07) is 19.0. The van der Waals surface area contributed by atoms with E-state index in [1.54, 1.807) is 0 Å². The van der Waals surface area contributed by atoms with Crippen molar-refractivity contribution in [2.45, 2.75) is 0 Å². The van der Waals surface area contributed by atoms with Crippen molar-refractivity contribution in [3.8, 4) is 23.1 Å². The Balaban J connectivity index is 1.95. The van der Waals surface area contributed by atoms with E-state index in [4.69, 9.17) is 16.3 Å². The Morgan fingerprint density at radius 1 is 0.750 bits per heavy atom. The second-order valence-corrected chi connectivity index (χ2v) is 4.33. The van der Waals surface area contributed by atoms with Crippen molar-refractivity contribution < 1.29 is 4.74 Å². The smallest absolute Gasteiger partial charge is 0.326 e. The van der Waals surface area contributed by atoms with Crippen LogP contribution >= 0.6 is 11.6 Å². The Kier molecular flexibility index (Phi) is 3.56. The third-order valence-electron chi connectivity index (χ3n) is 2.57. The van der Waals surface area contributed by atoms with E-state index in [0.29, 0.717) is 11.6 Å². The van der Waals surface area contributed by atoms with E-state index in [-0.39, 0.29) is 11.3 Å². The highest BCUT2D eigenvalue weighted by Crippen LogP contribution is 2.22. The Morgan fingerprint density at radius 2 is 1.40 bits per heavy atom. The Labute approximate surface area is 121 Å². The molecular weight excluding hydrogens is 274 g/mol. The molecule has 2 aromatic carbocycles. The van der Waals surface area contributed by atoms with Crippen LogP contribution in [0.2, 0.25) is 5.28 Å². The second-order valence-electron chi connectivity index (χ2n) is 3.99. The van der Waals surface area contributed by atoms with Crippen LogP contribution in [0, 0.1) is 0 Å². The summed E-state index contributed by atoms with van der Waals surface area (Å²) in [5.74, 6) is 1.13. The maximum atomic E-state index is 5.92. The van der Waals surface area contributed by atoms with Crippen molar-refractivity contribution in [1.82, 2.24) is 15.0 Å². The van der Waals surface area contributed by atoms with Gasteiger partial charge in [-0.3, -0.25) is 0 Å². The van der Waals surface area contributed by atoms with E-state index >= 15 is 0 Å². The van der Waals surface area contributed by atoms with Crippen LogP contribution < -0.4 is 4.74 Å². The molecular formula is C15H10ClN3O. The predicted molar refractivity (Wildman–Crippen MR) is 76.8 cm³/mol. The molecule has 1 aromatic heterocycles. The SMILES string of the molecule is Clc1nc(Oc2ccccc2)nc(-c2ccccc2)n1. The number of rotatable bonds is 3. The van der Waals surface area contributed by atoms with Gasteiger partial charge in [0.1, 0.15) is 5.75 Å². The molecule has 0 spiro atoms. The van der Waals surface area contributed by atoms with Gasteiger partial charge in [0.05, 0.1) is 0 Å². The van der Waals surface area contributed by atoms with Crippen molar-refractivity contribution in [3.63, 3.8) is 0 Å². The van der Waals surface area contributed by atoms with E-state index in [1.165, 1.54) is 0 Å². The molecule has 5 heteroatoms. The minimum Gasteiger partial charge on any atom is -0.424 e. The van der Waals surface area contributed by atoms with Crippen LogP contribution in [-0.4, -0.2) is 15.0 Å². The van der Waals surface area contributed by atoms with Crippen LogP contribution in [-0.2, 0) is 0 Å². The molecule has 0 aliphatic heterocycles. The lowest BCUT2D eigenvalue weighted by Crippen LogP contribution is -1.97. The van der Waals surface area contributed by atoms with Crippen LogP contribution in [0.15, 0.2) is 60.7 Å². The van der Waals surface area contributed by atoms with Gasteiger partial charge in [0, 0.05) is 5.56 Å². The van der Waals surface area contributed by atoms with Gasteiger partial charge < -0.3 is 4.74 Å². The largest absolute Gasteiger partial charge is 0.424 e. The molecule has 0 fully saturated rings. The number of para-hydroxylation sites is 1. The lowest BCUT2D eigenvalue weighted by molar-refractivity contribution is 0.440. The van der Waals surface area contributed by atoms with E-state index in [1.807, 2.05) is 60.7 Å². The number of halogens is 1. The molecule has 20 heavy (non-hydrogen) atoms. The highest BCUT2D eigenvalue weighted by Gasteiger charge is 2.08. The zero-order chi connectivity index (χ0) is 13.8. The van der Waals surface area contributed by atoms with Gasteiger partial charge in [0.15, 0.2) is 5.82 Å². The maximum absolute atomic E-state index is 5.92. The first-order valence-corrected chi connectivity index (χ1v) is 6.39. The van der Waals surface area contributed by atoms with E-state index < -0.39 is 0 Å². The number of aromatic nitrogens is 3. The molecule has 0 atom stereocenters. The zero-order valence-electron chi connectivity index (χ0n) is 10.4. The van der Waals surface area contributed by atoms with Gasteiger partial charge in [-0.15, -0.1) is 0 Å². The van der Waals surface area contributed by atoms with Gasteiger partial charge >= 0.3 is 6.01 Å². The van der Waals surface area contributed by atoms with Gasteiger partial charge in [-0.05, 0) is 23.7 Å². The van der Waals surface area contributed by atoms with E-state index in [2.05, 4.69) is 15.0 Å². The van der Waals surface area contributed by atoms with Crippen LogP contribution in [0.4, 0.5) is 0 Å². The predicted octanol–water partition coefficient (Wildman–Crippen LogP) is 3.98. The van der Waals surface area contributed by atoms with Gasteiger partial charge in [-0.2, -0.15) is 15.0 Å². The van der Waals surface area contributed by atoms with Gasteiger partial charge in [-0.25, -0.2) is 0 Å². The zero-order valence-corrected chi connectivity index (χ0v) is 11.2. The molecule has 0 unspecified atom stereocenters. The van der Waals surface area contributed by atoms with Crippen molar-refractivity contribution in [1.29, 1.82) is 0 Å². The highest BCUT2D eigenvalue weighted by molar-refractivity contribution is 6.28. The fourth-order valence-corrected chi connectivity index (χ4v) is 1.84. The summed E-state index contributed by atoms with van der Waals surface area (Å²) in [4.78, 5) is 12.4. The molecule has 0 aliphatic carbocycles. The number of nitrogens with zero attached hydrogens (tertiary/aromatic N) is 3. The molecule has 0 amide bonds. The van der Waals surface area contributed by atoms with E-state index in [9.17, 15) is 0 Å². The van der Waals surface area contributed by atoms with Gasteiger partial charge in [0.2, 0.25) is 5.28 Å². The topological polar surface area (TPSA) is 47.9 Å². The number of hydrogen-bond donors (Lipinski definition) is 0. The van der Waals surface area contributed by atoms with E-state index in [0.717, 1.165) is 5.56 Å². The van der Waals surface area contributed by atoms with Crippen molar-refractivity contribution in [2.75, 3.05) is 0 Å². The van der Waals surface area contributed by atoms with Crippen LogP contribution in [0.1, 0.15) is 0 Å². The molecule has 0 aliphatic rings. The standard InChI is InChI=1S/C15H10ClN3O/c16-14-17-13(11-7-3-1-4-8-11)18-15(19-14)20-12-9-5-2-6-10-12/h1-10H. The second kappa shape index (κ2) is 5.67. The maximum Gasteiger partial charge on any atom is 0.326 e. The minimum absolute atomic E-state index is 0.102. The van der Waals surface area contributed by atoms with Crippen molar-refractivity contribution in [3.05, 3.63) is 65.9 Å². The molecule has 4 nitrogen and oxygen atoms in total. The van der Waals surface area contributed by atoms with Crippen molar-refractivity contribution >= 4 is 11.6 Å². The summed E-state index contributed by atoms with van der Waals surface area (Å²) < 4.78 is 5.57. The lowest BCUT2D eigenvalue weighted by atomic mass is 10.2. The first kappa shape index (κ1) is 12.6. The van der Waals surface area contributed by atoms with Crippen molar-refractivity contribution in [2.24, 2.45) is 0 Å². The Hall–Kier alpha value is -2.46. The number of benzene rings is 2. The molecule has 1 heterocycles. The monoisotopic (exact) mass is 283 g/mol. The summed E-state index contributed by atoms with van der Waals surface area (Å²) in [5.41, 5.74) is 0.856. The average Bonchev–Trinajstić information content (AvgIpc) is 2.49. The third kappa shape index (κ3) is 2.92. The van der Waals surface area contributed by atoms with Crippen LogP contribution in [0.25, 0.3) is 11.4 Å². The van der Waals surface area contributed by atoms with Crippen LogP contribution in [0.3, 0.4) is 0 Å². The fraction of sp³-hybridized carbons (Fsp3) is 0. The first-order valence-electron chi connectivity index (χ1n) is 6.01. The molecule has 0 saturated heterocycles. The first-order chi connectivity index (χ1) is 9.81.